The Labute approximate surface area is 130 Å². The largest absolute Gasteiger partial charge is 0.340 e. The minimum Gasteiger partial charge on any atom is -0.340 e. The van der Waals surface area contributed by atoms with Gasteiger partial charge < -0.3 is 4.18 Å². The van der Waals surface area contributed by atoms with Crippen LogP contribution < -0.4 is 0 Å². The molecule has 0 radical (unpaired) electrons. The van der Waals surface area contributed by atoms with Crippen LogP contribution in [0.25, 0.3) is 0 Å². The highest BCUT2D eigenvalue weighted by Crippen LogP contribution is 2.42. The molecular formula is C16H30O2S2. The summed E-state index contributed by atoms with van der Waals surface area (Å²) in [7, 11) is 0.942. The first kappa shape index (κ1) is 18.1. The van der Waals surface area contributed by atoms with E-state index >= 15 is 0 Å². The number of thioether (sulfide) groups is 1. The zero-order valence-corrected chi connectivity index (χ0v) is 15.2. The molecule has 0 saturated heterocycles. The van der Waals surface area contributed by atoms with E-state index in [0.717, 1.165) is 17.9 Å². The van der Waals surface area contributed by atoms with Crippen molar-refractivity contribution in [2.75, 3.05) is 31.1 Å². The van der Waals surface area contributed by atoms with Crippen molar-refractivity contribution in [1.82, 2.24) is 0 Å². The summed E-state index contributed by atoms with van der Waals surface area (Å²) >= 11 is 1.98. The van der Waals surface area contributed by atoms with Crippen LogP contribution in [0.1, 0.15) is 33.1 Å². The normalized spacial score (nSPS) is 28.4. The molecule has 3 atom stereocenters. The number of Topliss-reactive ketones (excluding diaryl/α,β-unsaturated/α-hetero) is 1. The van der Waals surface area contributed by atoms with Gasteiger partial charge in [-0.2, -0.15) is 11.8 Å². The van der Waals surface area contributed by atoms with Crippen LogP contribution >= 0.6 is 22.1 Å². The quantitative estimate of drug-likeness (QED) is 0.517. The molecule has 118 valence electrons. The Morgan fingerprint density at radius 1 is 1.50 bits per heavy atom. The highest BCUT2D eigenvalue weighted by atomic mass is 32.3. The van der Waals surface area contributed by atoms with E-state index in [0.29, 0.717) is 23.4 Å². The van der Waals surface area contributed by atoms with Crippen LogP contribution in [0.2, 0.25) is 0 Å². The van der Waals surface area contributed by atoms with Crippen molar-refractivity contribution in [3.63, 3.8) is 0 Å². The maximum absolute atomic E-state index is 12.1. The van der Waals surface area contributed by atoms with Gasteiger partial charge in [-0.1, -0.05) is 19.1 Å². The molecule has 1 aliphatic rings. The highest BCUT2D eigenvalue weighted by molar-refractivity contribution is 8.28. The Kier molecular flexibility index (Phi) is 7.16. The number of hydrogen-bond acceptors (Lipinski definition) is 3. The van der Waals surface area contributed by atoms with Crippen LogP contribution in [-0.4, -0.2) is 42.2 Å². The SMILES string of the molecule is C=C(C)C1CC(=O)C(C)C(SCCCS(C)(C)OC)C1. The standard InChI is InChI=1S/C16H30O2S2/c1-12(2)14-10-15(17)13(3)16(11-14)19-8-7-9-20(5,6)18-4/h13-14,16H,1,7-11H2,2-6H3. The lowest BCUT2D eigenvalue weighted by molar-refractivity contribution is -0.124. The summed E-state index contributed by atoms with van der Waals surface area (Å²) in [5.41, 5.74) is 1.17. The van der Waals surface area contributed by atoms with Crippen LogP contribution in [-0.2, 0) is 8.98 Å². The molecule has 1 saturated carbocycles. The molecule has 0 heterocycles. The number of hydrogen-bond donors (Lipinski definition) is 0. The number of ketones is 1. The van der Waals surface area contributed by atoms with Crippen molar-refractivity contribution in [2.45, 2.75) is 38.4 Å². The molecule has 0 aromatic carbocycles. The predicted molar refractivity (Wildman–Crippen MR) is 93.9 cm³/mol. The average molecular weight is 319 g/mol. The van der Waals surface area contributed by atoms with Crippen LogP contribution in [0, 0.1) is 11.8 Å². The number of allylic oxidation sites excluding steroid dienone is 1. The summed E-state index contributed by atoms with van der Waals surface area (Å²) < 4.78 is 5.52. The first-order valence-corrected chi connectivity index (χ1v) is 10.9. The van der Waals surface area contributed by atoms with Crippen molar-refractivity contribution in [1.29, 1.82) is 0 Å². The molecule has 0 aromatic rings. The predicted octanol–water partition coefficient (Wildman–Crippen LogP) is 4.30. The van der Waals surface area contributed by atoms with E-state index in [1.807, 2.05) is 18.9 Å². The van der Waals surface area contributed by atoms with Gasteiger partial charge in [0, 0.05) is 24.7 Å². The summed E-state index contributed by atoms with van der Waals surface area (Å²) in [5, 5.41) is 0.471. The molecule has 0 aromatic heterocycles. The molecule has 1 aliphatic carbocycles. The van der Waals surface area contributed by atoms with E-state index in [1.165, 1.54) is 12.0 Å². The Morgan fingerprint density at radius 3 is 2.70 bits per heavy atom. The van der Waals surface area contributed by atoms with Crippen molar-refractivity contribution in [2.24, 2.45) is 11.8 Å². The number of carbonyl (C=O) groups excluding carboxylic acids is 1. The van der Waals surface area contributed by atoms with Crippen molar-refractivity contribution in [3.8, 4) is 0 Å². The van der Waals surface area contributed by atoms with Gasteiger partial charge in [-0.05, 0) is 49.7 Å². The third-order valence-corrected chi connectivity index (χ3v) is 8.02. The number of rotatable bonds is 7. The van der Waals surface area contributed by atoms with Gasteiger partial charge in [0.25, 0.3) is 0 Å². The molecule has 4 heteroatoms. The van der Waals surface area contributed by atoms with E-state index in [-0.39, 0.29) is 5.92 Å². The lowest BCUT2D eigenvalue weighted by Crippen LogP contribution is -2.33. The Hall–Kier alpha value is 0.0700. The minimum atomic E-state index is -0.865. The smallest absolute Gasteiger partial charge is 0.137 e. The van der Waals surface area contributed by atoms with Gasteiger partial charge in [0.1, 0.15) is 5.78 Å². The minimum absolute atomic E-state index is 0.207. The second-order valence-electron chi connectivity index (χ2n) is 6.31. The van der Waals surface area contributed by atoms with Gasteiger partial charge in [-0.15, -0.1) is 10.3 Å². The molecule has 0 N–H and O–H groups in total. The van der Waals surface area contributed by atoms with E-state index in [4.69, 9.17) is 4.18 Å². The molecule has 1 rings (SSSR count). The van der Waals surface area contributed by atoms with Crippen LogP contribution in [0.15, 0.2) is 12.2 Å². The van der Waals surface area contributed by atoms with E-state index in [2.05, 4.69) is 32.9 Å². The Morgan fingerprint density at radius 2 is 2.15 bits per heavy atom. The van der Waals surface area contributed by atoms with E-state index in [1.54, 1.807) is 0 Å². The van der Waals surface area contributed by atoms with Crippen LogP contribution in [0.3, 0.4) is 0 Å². The molecule has 0 aliphatic heterocycles. The summed E-state index contributed by atoms with van der Waals surface area (Å²) in [4.78, 5) is 12.1. The first-order valence-electron chi connectivity index (χ1n) is 7.33. The molecule has 20 heavy (non-hydrogen) atoms. The highest BCUT2D eigenvalue weighted by Gasteiger charge is 2.34. The summed E-state index contributed by atoms with van der Waals surface area (Å²) in [6, 6.07) is 0. The topological polar surface area (TPSA) is 26.3 Å². The Balaban J connectivity index is 2.41. The molecule has 1 fully saturated rings. The lowest BCUT2D eigenvalue weighted by atomic mass is 9.79. The van der Waals surface area contributed by atoms with Gasteiger partial charge in [0.15, 0.2) is 0 Å². The van der Waals surface area contributed by atoms with Crippen LogP contribution in [0.5, 0.6) is 0 Å². The van der Waals surface area contributed by atoms with Gasteiger partial charge in [-0.25, -0.2) is 0 Å². The monoisotopic (exact) mass is 318 g/mol. The second-order valence-corrected chi connectivity index (χ2v) is 11.3. The third-order valence-electron chi connectivity index (χ3n) is 4.29. The summed E-state index contributed by atoms with van der Waals surface area (Å²) in [6.07, 6.45) is 7.42. The summed E-state index contributed by atoms with van der Waals surface area (Å²) in [5.74, 6) is 3.31. The average Bonchev–Trinajstić information content (AvgIpc) is 2.38. The fourth-order valence-corrected chi connectivity index (χ4v) is 5.13. The zero-order chi connectivity index (χ0) is 15.3. The number of carbonyl (C=O) groups is 1. The molecule has 0 bridgehead atoms. The van der Waals surface area contributed by atoms with Crippen molar-refractivity contribution >= 4 is 27.9 Å². The molecule has 3 unspecified atom stereocenters. The second kappa shape index (κ2) is 7.90. The first-order chi connectivity index (χ1) is 9.26. The fourth-order valence-electron chi connectivity index (χ4n) is 2.52. The van der Waals surface area contributed by atoms with Gasteiger partial charge in [0.05, 0.1) is 0 Å². The lowest BCUT2D eigenvalue weighted by Gasteiger charge is -2.34. The molecule has 2 nitrogen and oxygen atoms in total. The van der Waals surface area contributed by atoms with Crippen molar-refractivity contribution < 1.29 is 8.98 Å². The maximum atomic E-state index is 12.1. The zero-order valence-electron chi connectivity index (χ0n) is 13.6. The van der Waals surface area contributed by atoms with Crippen LogP contribution in [0.4, 0.5) is 0 Å². The van der Waals surface area contributed by atoms with Crippen molar-refractivity contribution in [3.05, 3.63) is 12.2 Å². The summed E-state index contributed by atoms with van der Waals surface area (Å²) in [6.45, 7) is 8.19. The van der Waals surface area contributed by atoms with Gasteiger partial charge >= 0.3 is 0 Å². The molecule has 0 amide bonds. The van der Waals surface area contributed by atoms with Gasteiger partial charge in [-0.3, -0.25) is 4.79 Å². The van der Waals surface area contributed by atoms with Gasteiger partial charge in [0.2, 0.25) is 0 Å². The third kappa shape index (κ3) is 5.45. The van der Waals surface area contributed by atoms with E-state index < -0.39 is 10.3 Å². The maximum Gasteiger partial charge on any atom is 0.137 e. The molecule has 0 spiro atoms. The Bertz CT molecular complexity index is 352. The molecular weight excluding hydrogens is 288 g/mol. The fraction of sp³-hybridized carbons (Fsp3) is 0.812. The van der Waals surface area contributed by atoms with E-state index in [9.17, 15) is 4.79 Å².